The second-order valence-corrected chi connectivity index (χ2v) is 3.35. The Balaban J connectivity index is 2.33. The van der Waals surface area contributed by atoms with Gasteiger partial charge in [-0.2, -0.15) is 0 Å². The fraction of sp³-hybridized carbons (Fsp3) is 0.100. The molecule has 2 nitrogen and oxygen atoms in total. The van der Waals surface area contributed by atoms with Gasteiger partial charge < -0.3 is 0 Å². The Morgan fingerprint density at radius 1 is 1.23 bits per heavy atom. The largest absolute Gasteiger partial charge is 0.138 e. The van der Waals surface area contributed by atoms with E-state index in [4.69, 9.17) is 0 Å². The third kappa shape index (κ3) is 1.75. The molecule has 2 aromatic rings. The third-order valence-corrected chi connectivity index (χ3v) is 2.40. The minimum Gasteiger partial charge on any atom is -0.138 e. The van der Waals surface area contributed by atoms with Gasteiger partial charge in [0.05, 0.1) is 0 Å². The Morgan fingerprint density at radius 3 is 2.54 bits per heavy atom. The normalized spacial score (nSPS) is 10.2. The highest BCUT2D eigenvalue weighted by molar-refractivity contribution is 7.03. The van der Waals surface area contributed by atoms with Crippen LogP contribution in [0.5, 0.6) is 0 Å². The SMILES string of the molecule is [CH2]Cc1ccc(-c2csnn2)cc1. The molecule has 0 unspecified atom stereocenters. The van der Waals surface area contributed by atoms with E-state index in [-0.39, 0.29) is 0 Å². The predicted octanol–water partition coefficient (Wildman–Crippen LogP) is 2.58. The highest BCUT2D eigenvalue weighted by Gasteiger charge is 1.99. The second-order valence-electron chi connectivity index (χ2n) is 2.74. The molecule has 1 aromatic heterocycles. The highest BCUT2D eigenvalue weighted by Crippen LogP contribution is 2.17. The van der Waals surface area contributed by atoms with E-state index >= 15 is 0 Å². The maximum absolute atomic E-state index is 3.99. The standard InChI is InChI=1S/C10H9N2S/c1-2-8-3-5-9(6-4-8)10-7-13-12-11-10/h3-7H,1-2H2. The van der Waals surface area contributed by atoms with Crippen LogP contribution in [0, 0.1) is 6.92 Å². The zero-order valence-corrected chi connectivity index (χ0v) is 7.92. The molecule has 3 heteroatoms. The molecule has 0 fully saturated rings. The molecule has 2 rings (SSSR count). The number of hydrogen-bond donors (Lipinski definition) is 0. The predicted molar refractivity (Wildman–Crippen MR) is 54.4 cm³/mol. The zero-order valence-electron chi connectivity index (χ0n) is 7.10. The van der Waals surface area contributed by atoms with Crippen molar-refractivity contribution in [2.45, 2.75) is 6.42 Å². The van der Waals surface area contributed by atoms with Crippen LogP contribution in [-0.4, -0.2) is 9.59 Å². The first-order valence-electron chi connectivity index (χ1n) is 4.06. The van der Waals surface area contributed by atoms with Gasteiger partial charge >= 0.3 is 0 Å². The lowest BCUT2D eigenvalue weighted by Gasteiger charge is -1.97. The maximum atomic E-state index is 3.99. The Hall–Kier alpha value is -1.22. The quantitative estimate of drug-likeness (QED) is 0.725. The molecule has 0 saturated heterocycles. The summed E-state index contributed by atoms with van der Waals surface area (Å²) in [5.74, 6) is 0. The van der Waals surface area contributed by atoms with Crippen LogP contribution in [-0.2, 0) is 6.42 Å². The van der Waals surface area contributed by atoms with Crippen molar-refractivity contribution in [1.29, 1.82) is 0 Å². The van der Waals surface area contributed by atoms with E-state index in [2.05, 4.69) is 40.8 Å². The van der Waals surface area contributed by atoms with Crippen LogP contribution >= 0.6 is 11.5 Å². The van der Waals surface area contributed by atoms with E-state index in [0.29, 0.717) is 0 Å². The number of benzene rings is 1. The molecule has 0 N–H and O–H groups in total. The lowest BCUT2D eigenvalue weighted by Crippen LogP contribution is -1.81. The van der Waals surface area contributed by atoms with Crippen LogP contribution in [0.4, 0.5) is 0 Å². The molecule has 0 atom stereocenters. The summed E-state index contributed by atoms with van der Waals surface area (Å²) in [6.07, 6.45) is 0.829. The summed E-state index contributed by atoms with van der Waals surface area (Å²) < 4.78 is 3.82. The topological polar surface area (TPSA) is 25.8 Å². The van der Waals surface area contributed by atoms with Gasteiger partial charge in [-0.1, -0.05) is 28.8 Å². The molecule has 0 bridgehead atoms. The molecular weight excluding hydrogens is 180 g/mol. The number of aromatic nitrogens is 2. The Kier molecular flexibility index (Phi) is 2.36. The highest BCUT2D eigenvalue weighted by atomic mass is 32.1. The van der Waals surface area contributed by atoms with E-state index in [1.807, 2.05) is 5.38 Å². The summed E-state index contributed by atoms with van der Waals surface area (Å²) in [5, 5.41) is 5.94. The van der Waals surface area contributed by atoms with E-state index in [0.717, 1.165) is 17.7 Å². The lowest BCUT2D eigenvalue weighted by atomic mass is 10.1. The van der Waals surface area contributed by atoms with Crippen LogP contribution in [0.3, 0.4) is 0 Å². The van der Waals surface area contributed by atoms with Crippen LogP contribution < -0.4 is 0 Å². The maximum Gasteiger partial charge on any atom is 0.105 e. The first kappa shape index (κ1) is 8.38. The number of rotatable bonds is 2. The summed E-state index contributed by atoms with van der Waals surface area (Å²) in [5.41, 5.74) is 3.30. The molecule has 13 heavy (non-hydrogen) atoms. The average Bonchev–Trinajstić information content (AvgIpc) is 2.71. The molecule has 1 aromatic carbocycles. The zero-order chi connectivity index (χ0) is 9.10. The van der Waals surface area contributed by atoms with Crippen molar-refractivity contribution in [3.8, 4) is 11.3 Å². The van der Waals surface area contributed by atoms with Crippen molar-refractivity contribution in [2.75, 3.05) is 0 Å². The molecule has 0 saturated carbocycles. The van der Waals surface area contributed by atoms with Crippen LogP contribution in [0.2, 0.25) is 0 Å². The Morgan fingerprint density at radius 2 is 2.00 bits per heavy atom. The van der Waals surface area contributed by atoms with Crippen molar-refractivity contribution in [2.24, 2.45) is 0 Å². The van der Waals surface area contributed by atoms with Crippen LogP contribution in [0.25, 0.3) is 11.3 Å². The average molecular weight is 189 g/mol. The molecule has 0 aliphatic carbocycles. The molecular formula is C10H9N2S. The van der Waals surface area contributed by atoms with Gasteiger partial charge in [-0.25, -0.2) is 0 Å². The van der Waals surface area contributed by atoms with E-state index < -0.39 is 0 Å². The van der Waals surface area contributed by atoms with Gasteiger partial charge in [0.15, 0.2) is 0 Å². The van der Waals surface area contributed by atoms with Gasteiger partial charge in [-0.3, -0.25) is 0 Å². The number of hydrogen-bond acceptors (Lipinski definition) is 3. The van der Waals surface area contributed by atoms with Gasteiger partial charge in [-0.05, 0) is 30.4 Å². The molecule has 1 heterocycles. The third-order valence-electron chi connectivity index (χ3n) is 1.90. The minimum absolute atomic E-state index is 0.829. The molecule has 0 amide bonds. The molecule has 0 spiro atoms. The smallest absolute Gasteiger partial charge is 0.105 e. The van der Waals surface area contributed by atoms with Gasteiger partial charge in [0.1, 0.15) is 5.69 Å². The second kappa shape index (κ2) is 3.66. The fourth-order valence-corrected chi connectivity index (χ4v) is 1.60. The van der Waals surface area contributed by atoms with Gasteiger partial charge in [0, 0.05) is 10.9 Å². The van der Waals surface area contributed by atoms with Crippen molar-refractivity contribution >= 4 is 11.5 Å². The molecule has 0 aliphatic heterocycles. The van der Waals surface area contributed by atoms with E-state index in [1.165, 1.54) is 17.1 Å². The Bertz CT molecular complexity index is 364. The molecule has 0 aliphatic rings. The van der Waals surface area contributed by atoms with E-state index in [1.54, 1.807) is 0 Å². The van der Waals surface area contributed by atoms with Gasteiger partial charge in [-0.15, -0.1) is 5.10 Å². The summed E-state index contributed by atoms with van der Waals surface area (Å²) in [6.45, 7) is 3.82. The summed E-state index contributed by atoms with van der Waals surface area (Å²) >= 11 is 1.37. The first-order valence-corrected chi connectivity index (χ1v) is 4.89. The lowest BCUT2D eigenvalue weighted by molar-refractivity contribution is 1.16. The Labute approximate surface area is 81.4 Å². The fourth-order valence-electron chi connectivity index (χ4n) is 1.13. The number of nitrogens with zero attached hydrogens (tertiary/aromatic N) is 2. The summed E-state index contributed by atoms with van der Waals surface area (Å²) in [4.78, 5) is 0. The monoisotopic (exact) mass is 189 g/mol. The van der Waals surface area contributed by atoms with E-state index in [9.17, 15) is 0 Å². The minimum atomic E-state index is 0.829. The van der Waals surface area contributed by atoms with Crippen molar-refractivity contribution in [1.82, 2.24) is 9.59 Å². The first-order chi connectivity index (χ1) is 6.40. The summed E-state index contributed by atoms with van der Waals surface area (Å²) in [7, 11) is 0. The van der Waals surface area contributed by atoms with Gasteiger partial charge in [0.2, 0.25) is 0 Å². The molecule has 1 radical (unpaired) electrons. The van der Waals surface area contributed by atoms with Crippen LogP contribution in [0.1, 0.15) is 5.56 Å². The van der Waals surface area contributed by atoms with Crippen molar-refractivity contribution in [3.05, 3.63) is 42.1 Å². The summed E-state index contributed by atoms with van der Waals surface area (Å²) in [6, 6.07) is 8.25. The van der Waals surface area contributed by atoms with Crippen molar-refractivity contribution < 1.29 is 0 Å². The van der Waals surface area contributed by atoms with Crippen LogP contribution in [0.15, 0.2) is 29.6 Å². The molecule has 65 valence electrons. The van der Waals surface area contributed by atoms with Gasteiger partial charge in [0.25, 0.3) is 0 Å². The van der Waals surface area contributed by atoms with Crippen molar-refractivity contribution in [3.63, 3.8) is 0 Å².